The molecule has 0 radical (unpaired) electrons. The van der Waals surface area contributed by atoms with E-state index in [0.717, 1.165) is 116 Å². The number of carbonyl (C=O) groups excluding carboxylic acids is 1. The summed E-state index contributed by atoms with van der Waals surface area (Å²) >= 11 is 0. The van der Waals surface area contributed by atoms with E-state index in [1.807, 2.05) is 0 Å². The fourth-order valence-corrected chi connectivity index (χ4v) is 10.6. The van der Waals surface area contributed by atoms with Crippen LogP contribution in [0.2, 0.25) is 0 Å². The van der Waals surface area contributed by atoms with Gasteiger partial charge in [-0.1, -0.05) is 322 Å². The van der Waals surface area contributed by atoms with Crippen molar-refractivity contribution >= 4 is 5.91 Å². The van der Waals surface area contributed by atoms with Crippen LogP contribution in [-0.2, 0) is 14.3 Å². The zero-order valence-corrected chi connectivity index (χ0v) is 54.6. The topological polar surface area (TPSA) is 149 Å². The van der Waals surface area contributed by atoms with Crippen LogP contribution in [-0.4, -0.2) is 87.5 Å². The summed E-state index contributed by atoms with van der Waals surface area (Å²) in [7, 11) is 0. The molecule has 85 heavy (non-hydrogen) atoms. The molecule has 9 nitrogen and oxygen atoms in total. The molecule has 0 aromatic heterocycles. The molecule has 1 heterocycles. The third-order valence-corrected chi connectivity index (χ3v) is 16.1. The zero-order valence-electron chi connectivity index (χ0n) is 54.6. The summed E-state index contributed by atoms with van der Waals surface area (Å²) in [6.07, 6.45) is 88.3. The Morgan fingerprint density at radius 2 is 0.729 bits per heavy atom. The Morgan fingerprint density at radius 3 is 1.08 bits per heavy atom. The van der Waals surface area contributed by atoms with Crippen LogP contribution in [0.15, 0.2) is 122 Å². The van der Waals surface area contributed by atoms with E-state index in [1.165, 1.54) is 154 Å². The van der Waals surface area contributed by atoms with Crippen LogP contribution in [0.5, 0.6) is 0 Å². The maximum Gasteiger partial charge on any atom is 0.220 e. The van der Waals surface area contributed by atoms with Crippen molar-refractivity contribution in [2.45, 2.75) is 339 Å². The van der Waals surface area contributed by atoms with Crippen LogP contribution in [0.1, 0.15) is 296 Å². The van der Waals surface area contributed by atoms with Crippen molar-refractivity contribution < 1.29 is 39.8 Å². The van der Waals surface area contributed by atoms with Crippen molar-refractivity contribution in [1.29, 1.82) is 0 Å². The first-order chi connectivity index (χ1) is 41.8. The Hall–Kier alpha value is -3.41. The van der Waals surface area contributed by atoms with E-state index in [2.05, 4.69) is 141 Å². The van der Waals surface area contributed by atoms with Crippen LogP contribution in [0.25, 0.3) is 0 Å². The molecule has 9 heteroatoms. The summed E-state index contributed by atoms with van der Waals surface area (Å²) in [5, 5.41) is 54.9. The van der Waals surface area contributed by atoms with Crippen molar-refractivity contribution in [3.8, 4) is 0 Å². The Balaban J connectivity index is 2.18. The van der Waals surface area contributed by atoms with Gasteiger partial charge in [-0.15, -0.1) is 0 Å². The van der Waals surface area contributed by atoms with E-state index in [9.17, 15) is 30.3 Å². The maximum atomic E-state index is 13.1. The molecule has 6 N–H and O–H groups in total. The molecule has 1 aliphatic heterocycles. The number of aliphatic hydroxyl groups is 5. The number of rotatable bonds is 60. The molecule has 0 spiro atoms. The zero-order chi connectivity index (χ0) is 61.4. The third-order valence-electron chi connectivity index (χ3n) is 16.1. The summed E-state index contributed by atoms with van der Waals surface area (Å²) in [5.74, 6) is -0.170. The third kappa shape index (κ3) is 52.3. The second-order valence-electron chi connectivity index (χ2n) is 23.9. The molecule has 1 rings (SSSR count). The quantitative estimate of drug-likeness (QED) is 0.0261. The molecule has 1 aliphatic rings. The Bertz CT molecular complexity index is 1760. The molecule has 0 aromatic carbocycles. The standard InChI is InChI=1S/C76H131NO8/c1-3-5-7-9-11-13-15-17-19-21-23-25-27-29-31-32-33-34-35-36-37-38-40-42-44-46-48-50-52-54-56-58-60-62-64-66-72(80)77-69(68-84-76-75(83)74(82)73(81)71(67-78)85-76)70(79)65-63-61-59-57-55-53-51-49-47-45-43-41-39-30-28-26-24-22-20-18-16-14-12-10-8-6-4-2/h5,7,11,13,17,19,23,25,29,31,33-34,36-37,40,42,46,48,52,54,69-71,73-76,78-79,81-83H,3-4,6,8-10,12,14-16,18,20-22,24,26-28,30,32,35,38-39,41,43-45,47,49-51,53,55-68H2,1-2H3,(H,77,80)/b7-5-,13-11-,19-17-,25-23-,31-29-,34-33-,37-36-,42-40-,48-46-,54-52-. The number of carbonyl (C=O) groups is 1. The number of aliphatic hydroxyl groups excluding tert-OH is 5. The predicted molar refractivity (Wildman–Crippen MR) is 364 cm³/mol. The first-order valence-corrected chi connectivity index (χ1v) is 35.2. The minimum absolute atomic E-state index is 0.155. The maximum absolute atomic E-state index is 13.1. The number of hydrogen-bond donors (Lipinski definition) is 6. The molecule has 7 atom stereocenters. The molecule has 0 aromatic rings. The van der Waals surface area contributed by atoms with Crippen molar-refractivity contribution in [3.63, 3.8) is 0 Å². The van der Waals surface area contributed by atoms with Gasteiger partial charge in [0.15, 0.2) is 6.29 Å². The molecule has 0 aliphatic carbocycles. The van der Waals surface area contributed by atoms with E-state index in [4.69, 9.17) is 9.47 Å². The van der Waals surface area contributed by atoms with Gasteiger partial charge in [-0.25, -0.2) is 0 Å². The van der Waals surface area contributed by atoms with Gasteiger partial charge in [0, 0.05) is 6.42 Å². The van der Waals surface area contributed by atoms with E-state index >= 15 is 0 Å². The van der Waals surface area contributed by atoms with Crippen LogP contribution in [0.4, 0.5) is 0 Å². The minimum atomic E-state index is -1.57. The first kappa shape index (κ1) is 79.6. The van der Waals surface area contributed by atoms with Gasteiger partial charge in [-0.2, -0.15) is 0 Å². The summed E-state index contributed by atoms with van der Waals surface area (Å²) in [6, 6.07) is -0.744. The first-order valence-electron chi connectivity index (χ1n) is 35.2. The van der Waals surface area contributed by atoms with Crippen LogP contribution < -0.4 is 5.32 Å². The smallest absolute Gasteiger partial charge is 0.220 e. The Kier molecular flexibility index (Phi) is 59.6. The molecule has 488 valence electrons. The lowest BCUT2D eigenvalue weighted by atomic mass is 9.99. The van der Waals surface area contributed by atoms with Crippen LogP contribution in [0, 0.1) is 0 Å². The van der Waals surface area contributed by atoms with E-state index < -0.39 is 49.5 Å². The number of nitrogens with one attached hydrogen (secondary N) is 1. The number of unbranched alkanes of at least 4 members (excludes halogenated alkanes) is 30. The summed E-state index contributed by atoms with van der Waals surface area (Å²) < 4.78 is 11.4. The summed E-state index contributed by atoms with van der Waals surface area (Å²) in [6.45, 7) is 3.73. The fourth-order valence-electron chi connectivity index (χ4n) is 10.6. The van der Waals surface area contributed by atoms with Gasteiger partial charge in [0.25, 0.3) is 0 Å². The second kappa shape index (κ2) is 63.6. The van der Waals surface area contributed by atoms with Gasteiger partial charge in [-0.3, -0.25) is 4.79 Å². The lowest BCUT2D eigenvalue weighted by Gasteiger charge is -2.40. The molecule has 0 bridgehead atoms. The van der Waals surface area contributed by atoms with Gasteiger partial charge < -0.3 is 40.3 Å². The van der Waals surface area contributed by atoms with Crippen LogP contribution in [0.3, 0.4) is 0 Å². The van der Waals surface area contributed by atoms with Crippen molar-refractivity contribution in [1.82, 2.24) is 5.32 Å². The SMILES string of the molecule is CC/C=C\C/C=C\C/C=C\C/C=C\C/C=C\C/C=C\C/C=C\C/C=C\C/C=C\C/C=C\CCCCCCC(=O)NC(COC1OC(CO)C(O)C(O)C1O)C(O)CCCCCCCCCCCCCCCCCCCCCCCCCCCCC. The Morgan fingerprint density at radius 1 is 0.412 bits per heavy atom. The van der Waals surface area contributed by atoms with Gasteiger partial charge in [0.05, 0.1) is 25.4 Å². The molecule has 7 unspecified atom stereocenters. The highest BCUT2D eigenvalue weighted by atomic mass is 16.7. The molecule has 1 saturated heterocycles. The summed E-state index contributed by atoms with van der Waals surface area (Å²) in [5.41, 5.74) is 0. The second-order valence-corrected chi connectivity index (χ2v) is 23.9. The van der Waals surface area contributed by atoms with Gasteiger partial charge >= 0.3 is 0 Å². The minimum Gasteiger partial charge on any atom is -0.394 e. The van der Waals surface area contributed by atoms with Crippen molar-refractivity contribution in [2.75, 3.05) is 13.2 Å². The highest BCUT2D eigenvalue weighted by Crippen LogP contribution is 2.23. The van der Waals surface area contributed by atoms with E-state index in [-0.39, 0.29) is 12.5 Å². The summed E-state index contributed by atoms with van der Waals surface area (Å²) in [4.78, 5) is 13.1. The molecule has 0 saturated carbocycles. The molecular weight excluding hydrogens is 1050 g/mol. The number of allylic oxidation sites excluding steroid dienone is 20. The lowest BCUT2D eigenvalue weighted by molar-refractivity contribution is -0.302. The molecular formula is C76H131NO8. The van der Waals surface area contributed by atoms with Crippen molar-refractivity contribution in [2.24, 2.45) is 0 Å². The number of hydrogen-bond acceptors (Lipinski definition) is 8. The van der Waals surface area contributed by atoms with Crippen molar-refractivity contribution in [3.05, 3.63) is 122 Å². The monoisotopic (exact) mass is 1190 g/mol. The largest absolute Gasteiger partial charge is 0.394 e. The van der Waals surface area contributed by atoms with E-state index in [1.54, 1.807) is 0 Å². The van der Waals surface area contributed by atoms with Gasteiger partial charge in [0.2, 0.25) is 5.91 Å². The normalized spacial score (nSPS) is 18.9. The average molecular weight is 1190 g/mol. The highest BCUT2D eigenvalue weighted by molar-refractivity contribution is 5.76. The molecule has 1 amide bonds. The molecule has 1 fully saturated rings. The lowest BCUT2D eigenvalue weighted by Crippen LogP contribution is -2.60. The number of ether oxygens (including phenoxy) is 2. The van der Waals surface area contributed by atoms with E-state index in [0.29, 0.717) is 12.8 Å². The highest BCUT2D eigenvalue weighted by Gasteiger charge is 2.44. The Labute approximate surface area is 522 Å². The van der Waals surface area contributed by atoms with Gasteiger partial charge in [-0.05, 0) is 89.9 Å². The fraction of sp³-hybridized carbons (Fsp3) is 0.724. The average Bonchev–Trinajstić information content (AvgIpc) is 3.71. The van der Waals surface area contributed by atoms with Crippen LogP contribution >= 0.6 is 0 Å². The number of amides is 1. The predicted octanol–water partition coefficient (Wildman–Crippen LogP) is 19.4. The van der Waals surface area contributed by atoms with Gasteiger partial charge in [0.1, 0.15) is 24.4 Å².